The molecule has 0 aliphatic rings. The quantitative estimate of drug-likeness (QED) is 0.539. The van der Waals surface area contributed by atoms with Crippen LogP contribution in [0.5, 0.6) is 0 Å². The Bertz CT molecular complexity index is 869. The number of para-hydroxylation sites is 1. The molecule has 0 spiro atoms. The third-order valence-electron chi connectivity index (χ3n) is 3.44. The lowest BCUT2D eigenvalue weighted by molar-refractivity contribution is 0.631. The molecule has 2 aromatic carbocycles. The van der Waals surface area contributed by atoms with Crippen molar-refractivity contribution in [2.45, 2.75) is 26.3 Å². The van der Waals surface area contributed by atoms with E-state index in [2.05, 4.69) is 54.2 Å². The molecule has 0 aliphatic carbocycles. The lowest BCUT2D eigenvalue weighted by Crippen LogP contribution is -2.27. The minimum Gasteiger partial charge on any atom is -0.365 e. The number of halogens is 2. The van der Waals surface area contributed by atoms with Crippen LogP contribution in [-0.2, 0) is 0 Å². The smallest absolute Gasteiger partial charge is 0.136 e. The molecule has 0 aliphatic heterocycles. The van der Waals surface area contributed by atoms with E-state index in [1.165, 1.54) is 0 Å². The average Bonchev–Trinajstić information content (AvgIpc) is 2.46. The van der Waals surface area contributed by atoms with E-state index in [1.807, 2.05) is 36.4 Å². The van der Waals surface area contributed by atoms with E-state index < -0.39 is 0 Å². The highest BCUT2D eigenvalue weighted by Gasteiger charge is 2.19. The number of nitrogens with zero attached hydrogens (tertiary/aromatic N) is 1. The third-order valence-corrected chi connectivity index (χ3v) is 4.49. The second-order valence-electron chi connectivity index (χ2n) is 6.55. The summed E-state index contributed by atoms with van der Waals surface area (Å²) in [7, 11) is 0. The fourth-order valence-corrected chi connectivity index (χ4v) is 3.47. The normalized spacial score (nSPS) is 11.7. The van der Waals surface area contributed by atoms with Gasteiger partial charge >= 0.3 is 0 Å². The monoisotopic (exact) mass is 388 g/mol. The highest BCUT2D eigenvalue weighted by atomic mass is 79.9. The Labute approximate surface area is 150 Å². The molecular weight excluding hydrogens is 372 g/mol. The summed E-state index contributed by atoms with van der Waals surface area (Å²) < 4.78 is 1.03. The predicted molar refractivity (Wildman–Crippen MR) is 103 cm³/mol. The second-order valence-corrected chi connectivity index (χ2v) is 7.78. The second kappa shape index (κ2) is 6.14. The summed E-state index contributed by atoms with van der Waals surface area (Å²) in [5.74, 6) is 0.852. The van der Waals surface area contributed by atoms with Gasteiger partial charge in [0.15, 0.2) is 0 Å². The first-order chi connectivity index (χ1) is 10.8. The van der Waals surface area contributed by atoms with Crippen molar-refractivity contribution in [3.8, 4) is 11.1 Å². The number of pyridine rings is 1. The fourth-order valence-electron chi connectivity index (χ4n) is 2.52. The van der Waals surface area contributed by atoms with Gasteiger partial charge in [0.1, 0.15) is 5.82 Å². The maximum absolute atomic E-state index is 6.19. The number of hydrogen-bond acceptors (Lipinski definition) is 2. The Kier molecular flexibility index (Phi) is 4.35. The number of hydrogen-bond donors (Lipinski definition) is 1. The van der Waals surface area contributed by atoms with E-state index in [1.54, 1.807) is 0 Å². The van der Waals surface area contributed by atoms with Gasteiger partial charge in [0.25, 0.3) is 0 Å². The van der Waals surface area contributed by atoms with Crippen molar-refractivity contribution >= 4 is 44.3 Å². The molecule has 3 aromatic rings. The van der Waals surface area contributed by atoms with Gasteiger partial charge in [0, 0.05) is 26.0 Å². The number of benzene rings is 2. The van der Waals surface area contributed by atoms with Crippen LogP contribution in [0.1, 0.15) is 20.8 Å². The Morgan fingerprint density at radius 1 is 1.04 bits per heavy atom. The molecule has 0 fully saturated rings. The third kappa shape index (κ3) is 3.51. The van der Waals surface area contributed by atoms with Crippen LogP contribution in [0.2, 0.25) is 5.02 Å². The van der Waals surface area contributed by atoms with Crippen LogP contribution in [0.25, 0.3) is 22.0 Å². The lowest BCUT2D eigenvalue weighted by Gasteiger charge is -2.24. The lowest BCUT2D eigenvalue weighted by atomic mass is 10.0. The highest BCUT2D eigenvalue weighted by Crippen LogP contribution is 2.40. The molecule has 0 radical (unpaired) electrons. The molecule has 23 heavy (non-hydrogen) atoms. The van der Waals surface area contributed by atoms with Crippen molar-refractivity contribution in [1.29, 1.82) is 0 Å². The molecular formula is C19H18BrClN2. The van der Waals surface area contributed by atoms with Crippen LogP contribution >= 0.6 is 27.5 Å². The molecule has 0 amide bonds. The highest BCUT2D eigenvalue weighted by molar-refractivity contribution is 9.10. The Balaban J connectivity index is 2.32. The molecule has 118 valence electrons. The first kappa shape index (κ1) is 16.3. The minimum atomic E-state index is -0.0950. The molecule has 2 nitrogen and oxygen atoms in total. The molecule has 0 saturated heterocycles. The predicted octanol–water partition coefficient (Wildman–Crippen LogP) is 6.53. The minimum absolute atomic E-state index is 0.0950. The van der Waals surface area contributed by atoms with Gasteiger partial charge in [0.05, 0.1) is 5.52 Å². The summed E-state index contributed by atoms with van der Waals surface area (Å²) in [6.45, 7) is 6.37. The molecule has 3 rings (SSSR count). The fraction of sp³-hybridized carbons (Fsp3) is 0.211. The molecule has 0 bridgehead atoms. The zero-order valence-corrected chi connectivity index (χ0v) is 15.7. The van der Waals surface area contributed by atoms with E-state index in [9.17, 15) is 0 Å². The van der Waals surface area contributed by atoms with Crippen LogP contribution in [-0.4, -0.2) is 10.5 Å². The number of rotatable bonds is 2. The maximum atomic E-state index is 6.19. The molecule has 0 saturated carbocycles. The zero-order valence-electron chi connectivity index (χ0n) is 13.3. The number of anilines is 1. The van der Waals surface area contributed by atoms with Crippen molar-refractivity contribution in [3.05, 3.63) is 58.0 Å². The van der Waals surface area contributed by atoms with Gasteiger partial charge < -0.3 is 5.32 Å². The van der Waals surface area contributed by atoms with Gasteiger partial charge in [-0.1, -0.05) is 41.9 Å². The van der Waals surface area contributed by atoms with Crippen molar-refractivity contribution in [2.75, 3.05) is 5.32 Å². The standard InChI is InChI=1S/C19H18BrClN2/c1-19(2,3)23-18-16(12-7-6-8-13(21)11-12)17(20)14-9-4-5-10-15(14)22-18/h4-11H,1-3H3,(H,22,23). The van der Waals surface area contributed by atoms with E-state index in [4.69, 9.17) is 16.6 Å². The number of aromatic nitrogens is 1. The molecule has 0 atom stereocenters. The van der Waals surface area contributed by atoms with E-state index in [0.717, 1.165) is 32.3 Å². The van der Waals surface area contributed by atoms with Gasteiger partial charge in [-0.25, -0.2) is 4.98 Å². The Morgan fingerprint density at radius 2 is 1.78 bits per heavy atom. The molecule has 1 aromatic heterocycles. The summed E-state index contributed by atoms with van der Waals surface area (Å²) in [6, 6.07) is 16.0. The summed E-state index contributed by atoms with van der Waals surface area (Å²) in [5, 5.41) is 5.31. The van der Waals surface area contributed by atoms with E-state index in [-0.39, 0.29) is 5.54 Å². The SMILES string of the molecule is CC(C)(C)Nc1nc2ccccc2c(Br)c1-c1cccc(Cl)c1. The van der Waals surface area contributed by atoms with E-state index >= 15 is 0 Å². The van der Waals surface area contributed by atoms with Gasteiger partial charge in [-0.2, -0.15) is 0 Å². The Hall–Kier alpha value is -1.58. The number of nitrogens with one attached hydrogen (secondary N) is 1. The summed E-state index contributed by atoms with van der Waals surface area (Å²) in [5.41, 5.74) is 2.93. The molecule has 4 heteroatoms. The van der Waals surface area contributed by atoms with Crippen molar-refractivity contribution in [2.24, 2.45) is 0 Å². The molecule has 0 unspecified atom stereocenters. The number of fused-ring (bicyclic) bond motifs is 1. The van der Waals surface area contributed by atoms with E-state index in [0.29, 0.717) is 5.02 Å². The van der Waals surface area contributed by atoms with Crippen molar-refractivity contribution in [3.63, 3.8) is 0 Å². The van der Waals surface area contributed by atoms with Gasteiger partial charge in [-0.05, 0) is 60.5 Å². The van der Waals surface area contributed by atoms with Crippen LogP contribution in [0.3, 0.4) is 0 Å². The summed E-state index contributed by atoms with van der Waals surface area (Å²) in [6.07, 6.45) is 0. The van der Waals surface area contributed by atoms with Crippen LogP contribution in [0, 0.1) is 0 Å². The van der Waals surface area contributed by atoms with Crippen LogP contribution in [0.4, 0.5) is 5.82 Å². The van der Waals surface area contributed by atoms with Crippen LogP contribution < -0.4 is 5.32 Å². The maximum Gasteiger partial charge on any atom is 0.136 e. The first-order valence-electron chi connectivity index (χ1n) is 7.47. The van der Waals surface area contributed by atoms with Gasteiger partial charge in [-0.15, -0.1) is 0 Å². The summed E-state index contributed by atoms with van der Waals surface area (Å²) >= 11 is 9.97. The first-order valence-corrected chi connectivity index (χ1v) is 8.64. The Morgan fingerprint density at radius 3 is 2.48 bits per heavy atom. The van der Waals surface area contributed by atoms with Gasteiger partial charge in [-0.3, -0.25) is 0 Å². The van der Waals surface area contributed by atoms with Crippen LogP contribution in [0.15, 0.2) is 53.0 Å². The molecule has 1 heterocycles. The van der Waals surface area contributed by atoms with Crippen molar-refractivity contribution in [1.82, 2.24) is 4.98 Å². The van der Waals surface area contributed by atoms with Gasteiger partial charge in [0.2, 0.25) is 0 Å². The zero-order chi connectivity index (χ0) is 16.6. The largest absolute Gasteiger partial charge is 0.365 e. The topological polar surface area (TPSA) is 24.9 Å². The molecule has 1 N–H and O–H groups in total. The summed E-state index contributed by atoms with van der Waals surface area (Å²) in [4.78, 5) is 4.84. The van der Waals surface area contributed by atoms with Crippen molar-refractivity contribution < 1.29 is 0 Å². The average molecular weight is 390 g/mol.